The molecule has 0 unspecified atom stereocenters. The maximum Gasteiger partial charge on any atom is 0.259 e. The molecule has 0 spiro atoms. The lowest BCUT2D eigenvalue weighted by molar-refractivity contribution is -0.116. The van der Waals surface area contributed by atoms with Crippen LogP contribution in [0.3, 0.4) is 0 Å². The van der Waals surface area contributed by atoms with Gasteiger partial charge in [-0.25, -0.2) is 4.98 Å². The van der Waals surface area contributed by atoms with Crippen LogP contribution < -0.4 is 10.2 Å². The van der Waals surface area contributed by atoms with Gasteiger partial charge in [0.15, 0.2) is 0 Å². The van der Waals surface area contributed by atoms with Gasteiger partial charge in [-0.1, -0.05) is 11.8 Å². The van der Waals surface area contributed by atoms with E-state index >= 15 is 0 Å². The average Bonchev–Trinajstić information content (AvgIpc) is 3.02. The summed E-state index contributed by atoms with van der Waals surface area (Å²) in [6.07, 6.45) is 5.04. The molecule has 7 nitrogen and oxygen atoms in total. The van der Waals surface area contributed by atoms with Crippen molar-refractivity contribution in [3.8, 4) is 0 Å². The number of fused-ring (bicyclic) bond motifs is 2. The van der Waals surface area contributed by atoms with Crippen LogP contribution in [0, 0.1) is 0 Å². The average molecular weight is 444 g/mol. The summed E-state index contributed by atoms with van der Waals surface area (Å²) in [6.45, 7) is 0.0840. The second-order valence-corrected chi connectivity index (χ2v) is 7.86. The van der Waals surface area contributed by atoms with Gasteiger partial charge in [-0.15, -0.1) is 0 Å². The van der Waals surface area contributed by atoms with Crippen molar-refractivity contribution in [1.82, 2.24) is 14.8 Å². The molecular weight excluding hydrogens is 430 g/mol. The van der Waals surface area contributed by atoms with Crippen LogP contribution in [0.2, 0.25) is 0 Å². The molecule has 0 fully saturated rings. The number of rotatable bonds is 3. The molecule has 2 amide bonds. The Morgan fingerprint density at radius 1 is 1.33 bits per heavy atom. The zero-order valence-corrected chi connectivity index (χ0v) is 16.6. The minimum absolute atomic E-state index is 0.0840. The lowest BCUT2D eigenvalue weighted by atomic mass is 10.1. The van der Waals surface area contributed by atoms with Crippen LogP contribution in [-0.2, 0) is 11.3 Å². The molecule has 0 bridgehead atoms. The molecule has 3 heterocycles. The van der Waals surface area contributed by atoms with E-state index in [0.717, 1.165) is 20.1 Å². The van der Waals surface area contributed by atoms with Crippen molar-refractivity contribution >= 4 is 50.9 Å². The van der Waals surface area contributed by atoms with Crippen molar-refractivity contribution in [3.05, 3.63) is 59.0 Å². The monoisotopic (exact) mass is 443 g/mol. The van der Waals surface area contributed by atoms with Crippen molar-refractivity contribution in [2.45, 2.75) is 16.5 Å². The van der Waals surface area contributed by atoms with Gasteiger partial charge < -0.3 is 10.2 Å². The normalized spacial score (nSPS) is 13.0. The summed E-state index contributed by atoms with van der Waals surface area (Å²) in [7, 11) is 1.72. The second kappa shape index (κ2) is 7.16. The zero-order valence-electron chi connectivity index (χ0n) is 14.2. The number of nitrogens with one attached hydrogen (secondary N) is 1. The van der Waals surface area contributed by atoms with Crippen LogP contribution in [0.5, 0.6) is 0 Å². The molecule has 2 aromatic heterocycles. The standard InChI is InChI=1S/C18H14BrN5O2S/c1-23-14-3-2-6-20-17(14)27-15-5-4-12(7-13(15)18(23)26)22-16(25)10-24-9-11(19)8-21-24/h2-9H,10H2,1H3,(H,22,25). The molecule has 1 aromatic carbocycles. The number of benzene rings is 1. The Labute approximate surface area is 167 Å². The quantitative estimate of drug-likeness (QED) is 0.670. The van der Waals surface area contributed by atoms with Crippen molar-refractivity contribution in [3.63, 3.8) is 0 Å². The Kier molecular flexibility index (Phi) is 4.71. The molecule has 1 aliphatic rings. The second-order valence-electron chi connectivity index (χ2n) is 5.91. The number of pyridine rings is 1. The van der Waals surface area contributed by atoms with Gasteiger partial charge in [0, 0.05) is 30.0 Å². The van der Waals surface area contributed by atoms with Crippen LogP contribution in [0.25, 0.3) is 0 Å². The van der Waals surface area contributed by atoms with E-state index < -0.39 is 0 Å². The van der Waals surface area contributed by atoms with Crippen molar-refractivity contribution in [2.75, 3.05) is 17.3 Å². The highest BCUT2D eigenvalue weighted by Gasteiger charge is 2.25. The SMILES string of the molecule is CN1C(=O)c2cc(NC(=O)Cn3cc(Br)cn3)ccc2Sc2ncccc21. The highest BCUT2D eigenvalue weighted by Crippen LogP contribution is 2.40. The predicted molar refractivity (Wildman–Crippen MR) is 106 cm³/mol. The molecule has 136 valence electrons. The number of carbonyl (C=O) groups is 2. The minimum atomic E-state index is -0.224. The Bertz CT molecular complexity index is 1050. The van der Waals surface area contributed by atoms with E-state index in [1.54, 1.807) is 48.7 Å². The third-order valence-electron chi connectivity index (χ3n) is 4.02. The maximum absolute atomic E-state index is 12.9. The van der Waals surface area contributed by atoms with Gasteiger partial charge in [0.1, 0.15) is 11.6 Å². The molecule has 0 saturated heterocycles. The third kappa shape index (κ3) is 3.60. The first-order valence-electron chi connectivity index (χ1n) is 8.04. The molecule has 0 radical (unpaired) electrons. The summed E-state index contributed by atoms with van der Waals surface area (Å²) in [6, 6.07) is 8.98. The van der Waals surface area contributed by atoms with E-state index in [9.17, 15) is 9.59 Å². The number of nitrogens with zero attached hydrogens (tertiary/aromatic N) is 4. The van der Waals surface area contributed by atoms with Crippen LogP contribution in [0.1, 0.15) is 10.4 Å². The fraction of sp³-hybridized carbons (Fsp3) is 0.111. The summed E-state index contributed by atoms with van der Waals surface area (Å²) < 4.78 is 2.33. The lowest BCUT2D eigenvalue weighted by Crippen LogP contribution is -2.26. The van der Waals surface area contributed by atoms with Crippen LogP contribution in [0.15, 0.2) is 63.3 Å². The molecule has 9 heteroatoms. The van der Waals surface area contributed by atoms with Crippen molar-refractivity contribution in [2.24, 2.45) is 0 Å². The van der Waals surface area contributed by atoms with Crippen molar-refractivity contribution in [1.29, 1.82) is 0 Å². The number of anilines is 2. The number of carbonyl (C=O) groups excluding carboxylic acids is 2. The number of hydrogen-bond donors (Lipinski definition) is 1. The first-order valence-corrected chi connectivity index (χ1v) is 9.65. The summed E-state index contributed by atoms with van der Waals surface area (Å²) in [5.74, 6) is -0.367. The Hall–Kier alpha value is -2.65. The summed E-state index contributed by atoms with van der Waals surface area (Å²) in [4.78, 5) is 31.9. The maximum atomic E-state index is 12.9. The van der Waals surface area contributed by atoms with Gasteiger partial charge in [0.25, 0.3) is 5.91 Å². The lowest BCUT2D eigenvalue weighted by Gasteiger charge is -2.16. The molecule has 0 atom stereocenters. The molecule has 1 N–H and O–H groups in total. The van der Waals surface area contributed by atoms with E-state index in [2.05, 4.69) is 31.3 Å². The molecular formula is C18H14BrN5O2S. The van der Waals surface area contributed by atoms with Crippen LogP contribution >= 0.6 is 27.7 Å². The van der Waals surface area contributed by atoms with Gasteiger partial charge in [0.2, 0.25) is 5.91 Å². The summed E-state index contributed by atoms with van der Waals surface area (Å²) in [5, 5.41) is 7.65. The topological polar surface area (TPSA) is 80.1 Å². The van der Waals surface area contributed by atoms with E-state index in [1.165, 1.54) is 16.4 Å². The van der Waals surface area contributed by atoms with Gasteiger partial charge in [-0.3, -0.25) is 14.3 Å². The summed E-state index contributed by atoms with van der Waals surface area (Å²) >= 11 is 4.74. The zero-order chi connectivity index (χ0) is 19.0. The van der Waals surface area contributed by atoms with E-state index in [-0.39, 0.29) is 18.4 Å². The van der Waals surface area contributed by atoms with Crippen LogP contribution in [-0.4, -0.2) is 33.6 Å². The van der Waals surface area contributed by atoms with E-state index in [1.807, 2.05) is 12.1 Å². The van der Waals surface area contributed by atoms with E-state index in [4.69, 9.17) is 0 Å². The fourth-order valence-corrected chi connectivity index (χ4v) is 4.10. The predicted octanol–water partition coefficient (Wildman–Crippen LogP) is 3.42. The Balaban J connectivity index is 1.58. The molecule has 0 aliphatic carbocycles. The smallest absolute Gasteiger partial charge is 0.259 e. The first kappa shape index (κ1) is 17.7. The van der Waals surface area contributed by atoms with Crippen LogP contribution in [0.4, 0.5) is 11.4 Å². The minimum Gasteiger partial charge on any atom is -0.324 e. The number of hydrogen-bond acceptors (Lipinski definition) is 5. The highest BCUT2D eigenvalue weighted by molar-refractivity contribution is 9.10. The molecule has 3 aromatic rings. The third-order valence-corrected chi connectivity index (χ3v) is 5.52. The number of amides is 2. The Morgan fingerprint density at radius 3 is 2.96 bits per heavy atom. The molecule has 1 aliphatic heterocycles. The van der Waals surface area contributed by atoms with Gasteiger partial charge >= 0.3 is 0 Å². The van der Waals surface area contributed by atoms with Crippen molar-refractivity contribution < 1.29 is 9.59 Å². The molecule has 27 heavy (non-hydrogen) atoms. The highest BCUT2D eigenvalue weighted by atomic mass is 79.9. The van der Waals surface area contributed by atoms with E-state index in [0.29, 0.717) is 11.3 Å². The summed E-state index contributed by atoms with van der Waals surface area (Å²) in [5.41, 5.74) is 1.85. The number of halogens is 1. The molecule has 4 rings (SSSR count). The van der Waals surface area contributed by atoms with Gasteiger partial charge in [-0.2, -0.15) is 5.10 Å². The largest absolute Gasteiger partial charge is 0.324 e. The van der Waals surface area contributed by atoms with Gasteiger partial charge in [0.05, 0.1) is 21.9 Å². The number of aromatic nitrogens is 3. The van der Waals surface area contributed by atoms with Gasteiger partial charge in [-0.05, 0) is 46.3 Å². The first-order chi connectivity index (χ1) is 13.0. The Morgan fingerprint density at radius 2 is 2.19 bits per heavy atom. The molecule has 0 saturated carbocycles. The fourth-order valence-electron chi connectivity index (χ4n) is 2.75.